The highest BCUT2D eigenvalue weighted by molar-refractivity contribution is 7.90. The van der Waals surface area contributed by atoms with Gasteiger partial charge in [0.1, 0.15) is 6.07 Å². The fourth-order valence-corrected chi connectivity index (χ4v) is 2.27. The Labute approximate surface area is 139 Å². The van der Waals surface area contributed by atoms with Crippen LogP contribution in [-0.4, -0.2) is 27.7 Å². The standard InChI is InChI=1S/C14H16N6O3S/c1-23-19-10-11(9-15)3-2-8-18-12-4-6-13(7-5-12)24(21,22)20-14(16)17/h2-8,10,19H,1H3,(H4,16,17,20). The number of hydroxylamine groups is 1. The Kier molecular flexibility index (Phi) is 7.15. The maximum atomic E-state index is 11.8. The lowest BCUT2D eigenvalue weighted by Gasteiger charge is -1.99. The number of aliphatic imine (C=N–C) groups is 1. The summed E-state index contributed by atoms with van der Waals surface area (Å²) < 4.78 is 26.7. The van der Waals surface area contributed by atoms with Gasteiger partial charge >= 0.3 is 0 Å². The molecule has 0 aliphatic heterocycles. The minimum absolute atomic E-state index is 0.0502. The first-order valence-electron chi connectivity index (χ1n) is 6.44. The van der Waals surface area contributed by atoms with Crippen LogP contribution in [0.3, 0.4) is 0 Å². The predicted molar refractivity (Wildman–Crippen MR) is 90.6 cm³/mol. The number of rotatable bonds is 7. The van der Waals surface area contributed by atoms with E-state index in [9.17, 15) is 8.42 Å². The summed E-state index contributed by atoms with van der Waals surface area (Å²) in [5.74, 6) is -0.536. The zero-order chi connectivity index (χ0) is 18.0. The van der Waals surface area contributed by atoms with Gasteiger partial charge in [0.15, 0.2) is 0 Å². The van der Waals surface area contributed by atoms with Crippen molar-refractivity contribution in [3.05, 3.63) is 48.2 Å². The first-order chi connectivity index (χ1) is 11.4. The molecule has 0 radical (unpaired) electrons. The van der Waals surface area contributed by atoms with Gasteiger partial charge in [-0.25, -0.2) is 0 Å². The Hall–Kier alpha value is -3.16. The fraction of sp³-hybridized carbons (Fsp3) is 0.0714. The van der Waals surface area contributed by atoms with E-state index in [-0.39, 0.29) is 4.90 Å². The van der Waals surface area contributed by atoms with Crippen LogP contribution in [0, 0.1) is 11.3 Å². The first-order valence-corrected chi connectivity index (χ1v) is 7.88. The first kappa shape index (κ1) is 18.9. The van der Waals surface area contributed by atoms with Gasteiger partial charge in [-0.15, -0.1) is 4.40 Å². The SMILES string of the molecule is CONC=C(C#N)C=CC=Nc1ccc(S(=O)(=O)N=C(N)N)cc1. The molecule has 0 saturated carbocycles. The predicted octanol–water partition coefficient (Wildman–Crippen LogP) is 0.466. The van der Waals surface area contributed by atoms with E-state index < -0.39 is 16.0 Å². The maximum Gasteiger partial charge on any atom is 0.285 e. The number of benzene rings is 1. The molecule has 0 aromatic heterocycles. The normalized spacial score (nSPS) is 12.2. The van der Waals surface area contributed by atoms with Crippen LogP contribution in [0.5, 0.6) is 0 Å². The number of hydrogen-bond donors (Lipinski definition) is 3. The zero-order valence-electron chi connectivity index (χ0n) is 12.7. The number of hydrogen-bond acceptors (Lipinski definition) is 6. The molecule has 126 valence electrons. The van der Waals surface area contributed by atoms with Gasteiger partial charge in [-0.3, -0.25) is 15.3 Å². The second-order valence-corrected chi connectivity index (χ2v) is 5.76. The van der Waals surface area contributed by atoms with Gasteiger partial charge in [0.05, 0.1) is 23.3 Å². The van der Waals surface area contributed by atoms with Crippen molar-refractivity contribution in [1.82, 2.24) is 5.48 Å². The number of nitrogens with one attached hydrogen (secondary N) is 1. The van der Waals surface area contributed by atoms with Crippen molar-refractivity contribution >= 4 is 27.9 Å². The highest BCUT2D eigenvalue weighted by Crippen LogP contribution is 2.17. The Morgan fingerprint density at radius 1 is 1.33 bits per heavy atom. The Morgan fingerprint density at radius 2 is 2.00 bits per heavy atom. The molecule has 0 amide bonds. The Balaban J connectivity index is 2.81. The van der Waals surface area contributed by atoms with Gasteiger partial charge in [-0.2, -0.15) is 13.7 Å². The summed E-state index contributed by atoms with van der Waals surface area (Å²) >= 11 is 0. The summed E-state index contributed by atoms with van der Waals surface area (Å²) in [7, 11) is -2.49. The third-order valence-corrected chi connectivity index (χ3v) is 3.73. The van der Waals surface area contributed by atoms with Gasteiger partial charge in [0.2, 0.25) is 5.96 Å². The van der Waals surface area contributed by atoms with E-state index in [1.807, 2.05) is 6.07 Å². The van der Waals surface area contributed by atoms with Gasteiger partial charge < -0.3 is 11.5 Å². The number of nitrogens with zero attached hydrogens (tertiary/aromatic N) is 3. The number of sulfonamides is 1. The molecule has 0 aliphatic rings. The molecule has 0 bridgehead atoms. The lowest BCUT2D eigenvalue weighted by atomic mass is 10.3. The average Bonchev–Trinajstić information content (AvgIpc) is 2.53. The molecular weight excluding hydrogens is 332 g/mol. The number of nitrogens with two attached hydrogens (primary N) is 2. The van der Waals surface area contributed by atoms with Gasteiger partial charge in [-0.05, 0) is 36.4 Å². The highest BCUT2D eigenvalue weighted by Gasteiger charge is 2.12. The van der Waals surface area contributed by atoms with Gasteiger partial charge in [0.25, 0.3) is 10.0 Å². The molecule has 0 heterocycles. The van der Waals surface area contributed by atoms with E-state index in [4.69, 9.17) is 16.7 Å². The number of nitriles is 1. The van der Waals surface area contributed by atoms with Crippen LogP contribution in [0.25, 0.3) is 0 Å². The van der Waals surface area contributed by atoms with Gasteiger partial charge in [0, 0.05) is 12.4 Å². The molecule has 0 atom stereocenters. The molecule has 1 aromatic carbocycles. The topological polar surface area (TPSA) is 156 Å². The second-order valence-electron chi connectivity index (χ2n) is 4.16. The van der Waals surface area contributed by atoms with E-state index >= 15 is 0 Å². The number of allylic oxidation sites excluding steroid dienone is 3. The highest BCUT2D eigenvalue weighted by atomic mass is 32.2. The number of guanidine groups is 1. The van der Waals surface area contributed by atoms with Crippen LogP contribution >= 0.6 is 0 Å². The molecule has 0 saturated heterocycles. The lowest BCUT2D eigenvalue weighted by Crippen LogP contribution is -2.24. The summed E-state index contributed by atoms with van der Waals surface area (Å²) in [6.45, 7) is 0. The Morgan fingerprint density at radius 3 is 2.54 bits per heavy atom. The third kappa shape index (κ3) is 6.30. The summed E-state index contributed by atoms with van der Waals surface area (Å²) in [6.07, 6.45) is 5.91. The van der Waals surface area contributed by atoms with E-state index in [1.54, 1.807) is 6.08 Å². The van der Waals surface area contributed by atoms with Crippen LogP contribution in [0.2, 0.25) is 0 Å². The Bertz CT molecular complexity index is 813. The van der Waals surface area contributed by atoms with Crippen molar-refractivity contribution in [3.8, 4) is 6.07 Å². The molecule has 9 nitrogen and oxygen atoms in total. The molecule has 10 heteroatoms. The summed E-state index contributed by atoms with van der Waals surface area (Å²) in [4.78, 5) is 8.64. The molecule has 0 fully saturated rings. The molecule has 1 aromatic rings. The van der Waals surface area contributed by atoms with Crippen LogP contribution in [0.4, 0.5) is 5.69 Å². The monoisotopic (exact) mass is 348 g/mol. The van der Waals surface area contributed by atoms with Crippen molar-refractivity contribution in [2.24, 2.45) is 20.9 Å². The molecule has 5 N–H and O–H groups in total. The summed E-state index contributed by atoms with van der Waals surface area (Å²) in [6, 6.07) is 7.60. The third-order valence-electron chi connectivity index (χ3n) is 2.41. The van der Waals surface area contributed by atoms with Crippen molar-refractivity contribution in [1.29, 1.82) is 5.26 Å². The lowest BCUT2D eigenvalue weighted by molar-refractivity contribution is 0.128. The molecule has 1 rings (SSSR count). The fourth-order valence-electron chi connectivity index (χ4n) is 1.41. The van der Waals surface area contributed by atoms with Crippen molar-refractivity contribution in [3.63, 3.8) is 0 Å². The van der Waals surface area contributed by atoms with Crippen molar-refractivity contribution < 1.29 is 13.3 Å². The van der Waals surface area contributed by atoms with E-state index in [0.717, 1.165) is 0 Å². The van der Waals surface area contributed by atoms with E-state index in [0.29, 0.717) is 11.3 Å². The van der Waals surface area contributed by atoms with E-state index in [2.05, 4.69) is 19.7 Å². The molecule has 0 aliphatic carbocycles. The average molecular weight is 348 g/mol. The molecule has 0 spiro atoms. The quantitative estimate of drug-likeness (QED) is 0.212. The largest absolute Gasteiger partial charge is 0.369 e. The second kappa shape index (κ2) is 9.09. The molecular formula is C14H16N6O3S. The van der Waals surface area contributed by atoms with Crippen LogP contribution in [0.1, 0.15) is 0 Å². The zero-order valence-corrected chi connectivity index (χ0v) is 13.6. The summed E-state index contributed by atoms with van der Waals surface area (Å²) in [5.41, 5.74) is 13.4. The van der Waals surface area contributed by atoms with E-state index in [1.165, 1.54) is 49.9 Å². The van der Waals surface area contributed by atoms with Crippen molar-refractivity contribution in [2.45, 2.75) is 4.90 Å². The molecule has 24 heavy (non-hydrogen) atoms. The minimum Gasteiger partial charge on any atom is -0.369 e. The van der Waals surface area contributed by atoms with Crippen molar-refractivity contribution in [2.75, 3.05) is 7.11 Å². The molecule has 0 unspecified atom stereocenters. The van der Waals surface area contributed by atoms with Crippen LogP contribution in [-0.2, 0) is 14.9 Å². The van der Waals surface area contributed by atoms with Crippen LogP contribution < -0.4 is 16.9 Å². The minimum atomic E-state index is -3.92. The summed E-state index contributed by atoms with van der Waals surface area (Å²) in [5, 5.41) is 8.84. The van der Waals surface area contributed by atoms with Gasteiger partial charge in [-0.1, -0.05) is 0 Å². The smallest absolute Gasteiger partial charge is 0.285 e. The maximum absolute atomic E-state index is 11.8. The van der Waals surface area contributed by atoms with Crippen LogP contribution in [0.15, 0.2) is 62.5 Å².